The Kier molecular flexibility index (Phi) is 5.63. The highest BCUT2D eigenvalue weighted by molar-refractivity contribution is 7.86. The predicted molar refractivity (Wildman–Crippen MR) is 105 cm³/mol. The van der Waals surface area contributed by atoms with E-state index in [2.05, 4.69) is 20.5 Å². The summed E-state index contributed by atoms with van der Waals surface area (Å²) in [5, 5.41) is 10.2. The molecule has 0 unspecified atom stereocenters. The molecule has 2 aliphatic rings. The highest BCUT2D eigenvalue weighted by atomic mass is 32.2. The molecule has 152 valence electrons. The Hall–Kier alpha value is -2.01. The number of hydrogen-bond donors (Lipinski definition) is 2. The highest BCUT2D eigenvalue weighted by Gasteiger charge is 2.35. The van der Waals surface area contributed by atoms with Crippen LogP contribution in [-0.2, 0) is 14.9 Å². The van der Waals surface area contributed by atoms with Crippen LogP contribution in [0.3, 0.4) is 0 Å². The average molecular weight is 407 g/mol. The molecular formula is C18H26N6O3S. The normalized spacial score (nSPS) is 22.2. The van der Waals surface area contributed by atoms with Crippen LogP contribution >= 0.6 is 0 Å². The first-order chi connectivity index (χ1) is 13.5. The van der Waals surface area contributed by atoms with Gasteiger partial charge in [-0.3, -0.25) is 5.10 Å². The predicted octanol–water partition coefficient (Wildman–Crippen LogP) is 1.96. The van der Waals surface area contributed by atoms with Gasteiger partial charge in [0.15, 0.2) is 5.82 Å². The molecular weight excluding hydrogens is 380 g/mol. The van der Waals surface area contributed by atoms with Crippen molar-refractivity contribution in [2.24, 2.45) is 0 Å². The van der Waals surface area contributed by atoms with E-state index in [1.807, 2.05) is 31.2 Å². The van der Waals surface area contributed by atoms with Crippen molar-refractivity contribution in [2.45, 2.75) is 32.3 Å². The number of hydrogen-bond acceptors (Lipinski definition) is 6. The molecule has 0 amide bonds. The van der Waals surface area contributed by atoms with Gasteiger partial charge < -0.3 is 10.1 Å². The number of morpholine rings is 1. The topological polar surface area (TPSA) is 103 Å². The van der Waals surface area contributed by atoms with Crippen LogP contribution in [0.4, 0.5) is 11.6 Å². The van der Waals surface area contributed by atoms with Crippen LogP contribution in [0.15, 0.2) is 24.3 Å². The van der Waals surface area contributed by atoms with E-state index in [1.54, 1.807) is 4.31 Å². The zero-order chi connectivity index (χ0) is 19.6. The van der Waals surface area contributed by atoms with Gasteiger partial charge in [0.2, 0.25) is 0 Å². The molecule has 2 N–H and O–H groups in total. The second-order valence-corrected chi connectivity index (χ2v) is 9.12. The molecule has 2 saturated heterocycles. The van der Waals surface area contributed by atoms with Crippen molar-refractivity contribution in [3.63, 3.8) is 0 Å². The molecule has 28 heavy (non-hydrogen) atoms. The van der Waals surface area contributed by atoms with E-state index >= 15 is 0 Å². The number of H-pyrrole nitrogens is 1. The quantitative estimate of drug-likeness (QED) is 0.787. The first-order valence-electron chi connectivity index (χ1n) is 9.65. The van der Waals surface area contributed by atoms with E-state index in [0.717, 1.165) is 25.0 Å². The second kappa shape index (κ2) is 8.16. The lowest BCUT2D eigenvalue weighted by molar-refractivity contribution is -0.00676. The smallest absolute Gasteiger partial charge is 0.282 e. The number of anilines is 2. The zero-order valence-corrected chi connectivity index (χ0v) is 16.8. The van der Waals surface area contributed by atoms with Gasteiger partial charge in [-0.2, -0.15) is 22.1 Å². The van der Waals surface area contributed by atoms with Crippen molar-refractivity contribution in [2.75, 3.05) is 38.1 Å². The SMILES string of the molecule is Cc1cc(Nc2cccc([C@H]3CN(S(=O)(=O)N4CCCCC4)CCO3)n2)n[nH]1. The minimum atomic E-state index is -3.45. The minimum Gasteiger partial charge on any atom is -0.369 e. The van der Waals surface area contributed by atoms with Crippen molar-refractivity contribution >= 4 is 21.8 Å². The molecule has 9 nitrogen and oxygen atoms in total. The van der Waals surface area contributed by atoms with E-state index in [-0.39, 0.29) is 6.54 Å². The molecule has 2 aliphatic heterocycles. The molecule has 0 radical (unpaired) electrons. The number of aryl methyl sites for hydroxylation is 1. The average Bonchev–Trinajstić information content (AvgIpc) is 3.13. The maximum Gasteiger partial charge on any atom is 0.282 e. The Morgan fingerprint density at radius 3 is 2.71 bits per heavy atom. The molecule has 4 rings (SSSR count). The third kappa shape index (κ3) is 4.19. The lowest BCUT2D eigenvalue weighted by Gasteiger charge is -2.36. The fourth-order valence-corrected chi connectivity index (χ4v) is 5.26. The van der Waals surface area contributed by atoms with Gasteiger partial charge in [-0.05, 0) is 31.9 Å². The molecule has 0 saturated carbocycles. The summed E-state index contributed by atoms with van der Waals surface area (Å²) in [6, 6.07) is 7.48. The number of nitrogens with zero attached hydrogens (tertiary/aromatic N) is 4. The number of rotatable bonds is 5. The molecule has 0 bridgehead atoms. The van der Waals surface area contributed by atoms with Crippen LogP contribution in [-0.4, -0.2) is 65.0 Å². The number of aromatic nitrogens is 3. The van der Waals surface area contributed by atoms with E-state index < -0.39 is 16.3 Å². The Bertz CT molecular complexity index is 910. The molecule has 1 atom stereocenters. The van der Waals surface area contributed by atoms with E-state index in [1.165, 1.54) is 4.31 Å². The molecule has 0 spiro atoms. The molecule has 4 heterocycles. The maximum atomic E-state index is 13.0. The molecule has 0 aliphatic carbocycles. The van der Waals surface area contributed by atoms with Crippen LogP contribution in [0.2, 0.25) is 0 Å². The second-order valence-electron chi connectivity index (χ2n) is 7.19. The van der Waals surface area contributed by atoms with E-state index in [9.17, 15) is 8.42 Å². The van der Waals surface area contributed by atoms with Gasteiger partial charge in [-0.25, -0.2) is 4.98 Å². The first kappa shape index (κ1) is 19.3. The van der Waals surface area contributed by atoms with Crippen LogP contribution in [0.5, 0.6) is 0 Å². The highest BCUT2D eigenvalue weighted by Crippen LogP contribution is 2.26. The minimum absolute atomic E-state index is 0.275. The summed E-state index contributed by atoms with van der Waals surface area (Å²) in [4.78, 5) is 4.60. The lowest BCUT2D eigenvalue weighted by Crippen LogP contribution is -2.50. The fourth-order valence-electron chi connectivity index (χ4n) is 3.59. The summed E-state index contributed by atoms with van der Waals surface area (Å²) in [6.45, 7) is 4.14. The van der Waals surface area contributed by atoms with Crippen molar-refractivity contribution < 1.29 is 13.2 Å². The van der Waals surface area contributed by atoms with Gasteiger partial charge >= 0.3 is 0 Å². The largest absolute Gasteiger partial charge is 0.369 e. The monoisotopic (exact) mass is 406 g/mol. The Balaban J connectivity index is 1.47. The van der Waals surface area contributed by atoms with Gasteiger partial charge in [0.1, 0.15) is 11.9 Å². The summed E-state index contributed by atoms with van der Waals surface area (Å²) in [7, 11) is -3.45. The summed E-state index contributed by atoms with van der Waals surface area (Å²) in [5.41, 5.74) is 1.66. The maximum absolute atomic E-state index is 13.0. The standard InChI is InChI=1S/C18H26N6O3S/c1-14-12-18(22-21-14)20-17-7-5-6-15(19-17)16-13-24(10-11-27-16)28(25,26)23-8-3-2-4-9-23/h5-7,12,16H,2-4,8-11,13H2,1H3,(H2,19,20,21,22)/t16-/m1/s1. The molecule has 2 aromatic heterocycles. The number of pyridine rings is 1. The van der Waals surface area contributed by atoms with Gasteiger partial charge in [0, 0.05) is 37.9 Å². The van der Waals surface area contributed by atoms with Crippen LogP contribution in [0.25, 0.3) is 0 Å². The van der Waals surface area contributed by atoms with Crippen LogP contribution in [0.1, 0.15) is 36.8 Å². The summed E-state index contributed by atoms with van der Waals surface area (Å²) in [6.07, 6.45) is 2.55. The Morgan fingerprint density at radius 1 is 1.14 bits per heavy atom. The van der Waals surface area contributed by atoms with Crippen molar-refractivity contribution in [1.82, 2.24) is 23.8 Å². The number of aromatic amines is 1. The first-order valence-corrected chi connectivity index (χ1v) is 11.0. The third-order valence-electron chi connectivity index (χ3n) is 5.06. The molecule has 10 heteroatoms. The number of ether oxygens (including phenoxy) is 1. The summed E-state index contributed by atoms with van der Waals surface area (Å²) in [5.74, 6) is 1.32. The van der Waals surface area contributed by atoms with Gasteiger partial charge in [0.25, 0.3) is 10.2 Å². The molecule has 0 aromatic carbocycles. The van der Waals surface area contributed by atoms with Crippen molar-refractivity contribution in [1.29, 1.82) is 0 Å². The third-order valence-corrected chi connectivity index (χ3v) is 7.06. The molecule has 2 aromatic rings. The van der Waals surface area contributed by atoms with Crippen molar-refractivity contribution in [3.8, 4) is 0 Å². The van der Waals surface area contributed by atoms with Gasteiger partial charge in [0.05, 0.1) is 12.3 Å². The lowest BCUT2D eigenvalue weighted by atomic mass is 10.2. The van der Waals surface area contributed by atoms with E-state index in [0.29, 0.717) is 43.6 Å². The van der Waals surface area contributed by atoms with Gasteiger partial charge in [-0.1, -0.05) is 12.5 Å². The van der Waals surface area contributed by atoms with Crippen molar-refractivity contribution in [3.05, 3.63) is 35.7 Å². The Labute approximate surface area is 165 Å². The van der Waals surface area contributed by atoms with E-state index in [4.69, 9.17) is 4.74 Å². The number of nitrogens with one attached hydrogen (secondary N) is 2. The summed E-state index contributed by atoms with van der Waals surface area (Å²) < 4.78 is 34.9. The van der Waals surface area contributed by atoms with Crippen LogP contribution < -0.4 is 5.32 Å². The van der Waals surface area contributed by atoms with Crippen LogP contribution in [0, 0.1) is 6.92 Å². The summed E-state index contributed by atoms with van der Waals surface area (Å²) >= 11 is 0. The fraction of sp³-hybridized carbons (Fsp3) is 0.556. The zero-order valence-electron chi connectivity index (χ0n) is 16.0. The molecule has 2 fully saturated rings. The number of piperidine rings is 1. The Morgan fingerprint density at radius 2 is 1.96 bits per heavy atom. The van der Waals surface area contributed by atoms with Gasteiger partial charge in [-0.15, -0.1) is 0 Å².